The normalized spacial score (nSPS) is 16.8. The van der Waals surface area contributed by atoms with Crippen molar-refractivity contribution in [3.05, 3.63) is 18.0 Å². The van der Waals surface area contributed by atoms with Gasteiger partial charge in [-0.15, -0.1) is 0 Å². The van der Waals surface area contributed by atoms with E-state index in [9.17, 15) is 13.2 Å². The average molecular weight is 330 g/mol. The molecular weight excluding hydrogens is 312 g/mol. The molecule has 2 N–H and O–H groups in total. The van der Waals surface area contributed by atoms with Gasteiger partial charge in [0.15, 0.2) is 0 Å². The zero-order chi connectivity index (χ0) is 16.3. The van der Waals surface area contributed by atoms with E-state index in [2.05, 4.69) is 9.97 Å². The molecule has 122 valence electrons. The number of hydrogen-bond donors (Lipinski definition) is 2. The van der Waals surface area contributed by atoms with Crippen LogP contribution in [0.1, 0.15) is 10.4 Å². The number of carbonyl (C=O) groups excluding carboxylic acids is 1. The third-order valence-electron chi connectivity index (χ3n) is 3.31. The number of piperazine rings is 1. The van der Waals surface area contributed by atoms with Crippen LogP contribution in [0.4, 0.5) is 5.95 Å². The van der Waals surface area contributed by atoms with Gasteiger partial charge in [0.1, 0.15) is 0 Å². The van der Waals surface area contributed by atoms with Crippen molar-refractivity contribution in [3.63, 3.8) is 0 Å². The van der Waals surface area contributed by atoms with Crippen LogP contribution in [0.2, 0.25) is 0 Å². The maximum Gasteiger partial charge on any atom is 0.281 e. The summed E-state index contributed by atoms with van der Waals surface area (Å²) in [6.45, 7) is 1.59. The van der Waals surface area contributed by atoms with E-state index in [0.29, 0.717) is 32.1 Å². The number of hydroxylamine groups is 1. The Morgan fingerprint density at radius 3 is 2.23 bits per heavy atom. The molecule has 1 aliphatic heterocycles. The highest BCUT2D eigenvalue weighted by molar-refractivity contribution is 7.86. The van der Waals surface area contributed by atoms with Crippen LogP contribution >= 0.6 is 0 Å². The van der Waals surface area contributed by atoms with Gasteiger partial charge in [0.2, 0.25) is 5.95 Å². The number of nitrogens with zero attached hydrogens (tertiary/aromatic N) is 5. The van der Waals surface area contributed by atoms with Crippen LogP contribution in [-0.4, -0.2) is 78.4 Å². The Balaban J connectivity index is 2.01. The van der Waals surface area contributed by atoms with Crippen molar-refractivity contribution in [1.29, 1.82) is 0 Å². The molecule has 1 aromatic heterocycles. The molecule has 0 atom stereocenters. The minimum absolute atomic E-state index is 0.139. The van der Waals surface area contributed by atoms with Gasteiger partial charge >= 0.3 is 0 Å². The molecule has 0 saturated carbocycles. The Bertz CT molecular complexity index is 624. The second-order valence-corrected chi connectivity index (χ2v) is 7.03. The van der Waals surface area contributed by atoms with Crippen LogP contribution in [0.3, 0.4) is 0 Å². The second-order valence-electron chi connectivity index (χ2n) is 4.89. The van der Waals surface area contributed by atoms with E-state index >= 15 is 0 Å². The molecule has 0 unspecified atom stereocenters. The third kappa shape index (κ3) is 3.32. The number of hydrogen-bond acceptors (Lipinski definition) is 7. The Morgan fingerprint density at radius 1 is 1.23 bits per heavy atom. The Kier molecular flexibility index (Phi) is 4.90. The van der Waals surface area contributed by atoms with E-state index in [1.54, 1.807) is 0 Å². The van der Waals surface area contributed by atoms with Gasteiger partial charge in [-0.1, -0.05) is 0 Å². The average Bonchev–Trinajstić information content (AvgIpc) is 2.54. The highest BCUT2D eigenvalue weighted by atomic mass is 32.2. The van der Waals surface area contributed by atoms with Gasteiger partial charge in [0.25, 0.3) is 16.1 Å². The second kappa shape index (κ2) is 6.52. The van der Waals surface area contributed by atoms with E-state index in [1.165, 1.54) is 40.6 Å². The van der Waals surface area contributed by atoms with Gasteiger partial charge < -0.3 is 4.90 Å². The summed E-state index contributed by atoms with van der Waals surface area (Å²) in [6.07, 6.45) is 2.60. The van der Waals surface area contributed by atoms with Crippen LogP contribution in [0.25, 0.3) is 0 Å². The molecule has 22 heavy (non-hydrogen) atoms. The zero-order valence-corrected chi connectivity index (χ0v) is 13.1. The van der Waals surface area contributed by atoms with Crippen LogP contribution in [-0.2, 0) is 10.2 Å². The fraction of sp³-hybridized carbons (Fsp3) is 0.545. The number of carbonyl (C=O) groups is 1. The summed E-state index contributed by atoms with van der Waals surface area (Å²) in [5.74, 6) is -0.273. The summed E-state index contributed by atoms with van der Waals surface area (Å²) in [5.41, 5.74) is 1.64. The minimum Gasteiger partial charge on any atom is -0.338 e. The van der Waals surface area contributed by atoms with Crippen LogP contribution in [0, 0.1) is 0 Å². The summed E-state index contributed by atoms with van der Waals surface area (Å²) in [5, 5.41) is 8.52. The lowest BCUT2D eigenvalue weighted by molar-refractivity contribution is 0.0705. The van der Waals surface area contributed by atoms with Crippen LogP contribution in [0.5, 0.6) is 0 Å². The van der Waals surface area contributed by atoms with E-state index in [-0.39, 0.29) is 5.56 Å². The van der Waals surface area contributed by atoms with Gasteiger partial charge in [-0.05, 0) is 0 Å². The lowest BCUT2D eigenvalue weighted by Gasteiger charge is -2.35. The predicted molar refractivity (Wildman–Crippen MR) is 77.7 cm³/mol. The lowest BCUT2D eigenvalue weighted by Crippen LogP contribution is -2.52. The van der Waals surface area contributed by atoms with E-state index in [0.717, 1.165) is 0 Å². The molecule has 2 rings (SSSR count). The highest BCUT2D eigenvalue weighted by Crippen LogP contribution is 2.14. The van der Waals surface area contributed by atoms with Crippen LogP contribution < -0.4 is 10.4 Å². The predicted octanol–water partition coefficient (Wildman–Crippen LogP) is -1.48. The molecule has 1 aliphatic rings. The topological polar surface area (TPSA) is 119 Å². The van der Waals surface area contributed by atoms with Crippen molar-refractivity contribution < 1.29 is 18.4 Å². The molecule has 11 heteroatoms. The van der Waals surface area contributed by atoms with Crippen molar-refractivity contribution in [1.82, 2.24) is 24.1 Å². The van der Waals surface area contributed by atoms with E-state index in [1.807, 2.05) is 4.90 Å². The Hall–Kier alpha value is -1.82. The van der Waals surface area contributed by atoms with E-state index in [4.69, 9.17) is 5.21 Å². The summed E-state index contributed by atoms with van der Waals surface area (Å²) in [6, 6.07) is 0. The van der Waals surface area contributed by atoms with Crippen molar-refractivity contribution in [2.45, 2.75) is 0 Å². The monoisotopic (exact) mass is 330 g/mol. The fourth-order valence-electron chi connectivity index (χ4n) is 2.02. The molecule has 1 saturated heterocycles. The number of aromatic nitrogens is 2. The van der Waals surface area contributed by atoms with Crippen LogP contribution in [0.15, 0.2) is 12.4 Å². The summed E-state index contributed by atoms with van der Waals surface area (Å²) in [4.78, 5) is 21.1. The Labute approximate surface area is 128 Å². The number of anilines is 1. The lowest BCUT2D eigenvalue weighted by atomic mass is 10.3. The molecule has 0 aliphatic carbocycles. The van der Waals surface area contributed by atoms with Gasteiger partial charge in [-0.2, -0.15) is 17.0 Å². The maximum absolute atomic E-state index is 12.0. The molecule has 1 fully saturated rings. The quantitative estimate of drug-likeness (QED) is 0.510. The zero-order valence-electron chi connectivity index (χ0n) is 12.3. The van der Waals surface area contributed by atoms with Gasteiger partial charge in [0.05, 0.1) is 5.56 Å². The van der Waals surface area contributed by atoms with Gasteiger partial charge in [-0.25, -0.2) is 15.4 Å². The van der Waals surface area contributed by atoms with Gasteiger partial charge in [0, 0.05) is 52.7 Å². The molecule has 0 spiro atoms. The Morgan fingerprint density at radius 2 is 1.77 bits per heavy atom. The fourth-order valence-corrected chi connectivity index (χ4v) is 3.10. The van der Waals surface area contributed by atoms with Gasteiger partial charge in [-0.3, -0.25) is 10.0 Å². The maximum atomic E-state index is 12.0. The smallest absolute Gasteiger partial charge is 0.281 e. The summed E-state index contributed by atoms with van der Waals surface area (Å²) in [7, 11) is -0.417. The van der Waals surface area contributed by atoms with Crippen molar-refractivity contribution in [2.24, 2.45) is 0 Å². The summed E-state index contributed by atoms with van der Waals surface area (Å²) < 4.78 is 26.6. The summed E-state index contributed by atoms with van der Waals surface area (Å²) >= 11 is 0. The molecule has 1 amide bonds. The van der Waals surface area contributed by atoms with Crippen molar-refractivity contribution in [3.8, 4) is 0 Å². The first-order chi connectivity index (χ1) is 10.4. The number of rotatable bonds is 4. The standard InChI is InChI=1S/C11H18N6O4S/c1-15(2)22(20,21)17-5-3-16(4-6-17)11-12-7-9(8-13-11)10(18)14-19/h7-8,19H,3-6H2,1-2H3,(H,14,18). The molecule has 0 bridgehead atoms. The van der Waals surface area contributed by atoms with E-state index < -0.39 is 16.1 Å². The molecule has 10 nitrogen and oxygen atoms in total. The largest absolute Gasteiger partial charge is 0.338 e. The minimum atomic E-state index is -3.41. The first-order valence-electron chi connectivity index (χ1n) is 6.55. The van der Waals surface area contributed by atoms with Crippen molar-refractivity contribution >= 4 is 22.1 Å². The molecule has 0 aromatic carbocycles. The first-order valence-corrected chi connectivity index (χ1v) is 7.95. The molecule has 0 radical (unpaired) electrons. The number of nitrogens with one attached hydrogen (secondary N) is 1. The highest BCUT2D eigenvalue weighted by Gasteiger charge is 2.29. The molecular formula is C11H18N6O4S. The third-order valence-corrected chi connectivity index (χ3v) is 5.25. The first kappa shape index (κ1) is 16.5. The molecule has 2 heterocycles. The SMILES string of the molecule is CN(C)S(=O)(=O)N1CCN(c2ncc(C(=O)NO)cn2)CC1. The molecule has 1 aromatic rings. The van der Waals surface area contributed by atoms with Crippen molar-refractivity contribution in [2.75, 3.05) is 45.2 Å². The number of amides is 1.